The van der Waals surface area contributed by atoms with Gasteiger partial charge in [-0.3, -0.25) is 0 Å². The Morgan fingerprint density at radius 3 is 2.58 bits per heavy atom. The van der Waals surface area contributed by atoms with Crippen LogP contribution in [-0.2, 0) is 0 Å². The van der Waals surface area contributed by atoms with Crippen LogP contribution in [0.15, 0.2) is 0 Å². The maximum atomic E-state index is 9.84. The van der Waals surface area contributed by atoms with Crippen molar-refractivity contribution < 1.29 is 5.11 Å². The van der Waals surface area contributed by atoms with Crippen LogP contribution in [0.2, 0.25) is 0 Å². The van der Waals surface area contributed by atoms with Crippen LogP contribution in [0, 0.1) is 0 Å². The van der Waals surface area contributed by atoms with E-state index in [0.29, 0.717) is 6.04 Å². The van der Waals surface area contributed by atoms with E-state index in [9.17, 15) is 5.11 Å². The highest BCUT2D eigenvalue weighted by Crippen LogP contribution is 2.36. The molecule has 0 amide bonds. The summed E-state index contributed by atoms with van der Waals surface area (Å²) in [5.41, 5.74) is 0. The topological polar surface area (TPSA) is 32.3 Å². The summed E-state index contributed by atoms with van der Waals surface area (Å²) in [7, 11) is -0.551. The molecule has 1 saturated heterocycles. The minimum absolute atomic E-state index is 0.123. The van der Waals surface area contributed by atoms with Gasteiger partial charge in [0.05, 0.1) is 6.10 Å². The normalized spacial score (nSPS) is 28.8. The van der Waals surface area contributed by atoms with E-state index >= 15 is 0 Å². The van der Waals surface area contributed by atoms with E-state index < -0.39 is 10.0 Å². The Morgan fingerprint density at radius 1 is 1.50 bits per heavy atom. The molecular formula is C9H21NOS. The third-order valence-electron chi connectivity index (χ3n) is 2.23. The fourth-order valence-corrected chi connectivity index (χ4v) is 2.93. The number of hydrogen-bond donors (Lipinski definition) is 2. The average Bonchev–Trinajstić information content (AvgIpc) is 2.32. The molecule has 0 unspecified atom stereocenters. The third kappa shape index (κ3) is 3.33. The van der Waals surface area contributed by atoms with Gasteiger partial charge in [0, 0.05) is 11.8 Å². The van der Waals surface area contributed by atoms with Crippen molar-refractivity contribution in [2.45, 2.75) is 25.0 Å². The molecule has 1 heterocycles. The fourth-order valence-electron chi connectivity index (χ4n) is 1.67. The molecular weight excluding hydrogens is 170 g/mol. The van der Waals surface area contributed by atoms with Gasteiger partial charge in [-0.1, -0.05) is 0 Å². The Balaban J connectivity index is 2.31. The molecule has 0 aromatic heterocycles. The highest BCUT2D eigenvalue weighted by Gasteiger charge is 2.24. The van der Waals surface area contributed by atoms with Crippen LogP contribution in [0.3, 0.4) is 0 Å². The minimum Gasteiger partial charge on any atom is -0.391 e. The molecule has 74 valence electrons. The summed E-state index contributed by atoms with van der Waals surface area (Å²) >= 11 is 0. The lowest BCUT2D eigenvalue weighted by molar-refractivity contribution is 0.158. The average molecular weight is 191 g/mol. The second-order valence-corrected chi connectivity index (χ2v) is 9.04. The second kappa shape index (κ2) is 3.99. The molecule has 0 aromatic rings. The van der Waals surface area contributed by atoms with Gasteiger partial charge < -0.3 is 10.4 Å². The monoisotopic (exact) mass is 191 g/mol. The molecule has 1 rings (SSSR count). The molecule has 2 N–H and O–H groups in total. The number of aliphatic hydroxyl groups excluding tert-OH is 1. The fraction of sp³-hybridized carbons (Fsp3) is 1.00. The predicted molar refractivity (Wildman–Crippen MR) is 57.3 cm³/mol. The molecule has 1 aliphatic rings. The maximum Gasteiger partial charge on any atom is 0.0768 e. The summed E-state index contributed by atoms with van der Waals surface area (Å²) in [6.45, 7) is 1.08. The van der Waals surface area contributed by atoms with Crippen LogP contribution in [0.4, 0.5) is 0 Å². The van der Waals surface area contributed by atoms with Gasteiger partial charge in [0.1, 0.15) is 0 Å². The lowest BCUT2D eigenvalue weighted by atomic mass is 10.1. The molecule has 1 fully saturated rings. The molecule has 2 atom stereocenters. The van der Waals surface area contributed by atoms with E-state index in [2.05, 4.69) is 24.1 Å². The smallest absolute Gasteiger partial charge is 0.0768 e. The molecule has 0 bridgehead atoms. The summed E-state index contributed by atoms with van der Waals surface area (Å²) in [5, 5.41) is 13.2. The van der Waals surface area contributed by atoms with Gasteiger partial charge >= 0.3 is 0 Å². The lowest BCUT2D eigenvalue weighted by Gasteiger charge is -2.30. The van der Waals surface area contributed by atoms with Crippen LogP contribution in [-0.4, -0.2) is 48.3 Å². The van der Waals surface area contributed by atoms with Gasteiger partial charge in [0.2, 0.25) is 0 Å². The van der Waals surface area contributed by atoms with Gasteiger partial charge in [-0.25, -0.2) is 10.0 Å². The summed E-state index contributed by atoms with van der Waals surface area (Å²) in [5.74, 6) is 0.977. The van der Waals surface area contributed by atoms with E-state index in [4.69, 9.17) is 0 Å². The first-order valence-electron chi connectivity index (χ1n) is 4.56. The van der Waals surface area contributed by atoms with Crippen molar-refractivity contribution in [3.05, 3.63) is 0 Å². The number of rotatable bonds is 3. The van der Waals surface area contributed by atoms with Crippen LogP contribution in [0.25, 0.3) is 0 Å². The van der Waals surface area contributed by atoms with Gasteiger partial charge in [-0.2, -0.15) is 0 Å². The highest BCUT2D eigenvalue weighted by atomic mass is 32.3. The van der Waals surface area contributed by atoms with Crippen LogP contribution >= 0.6 is 10.0 Å². The van der Waals surface area contributed by atoms with Crippen LogP contribution in [0.1, 0.15) is 12.8 Å². The molecule has 0 radical (unpaired) electrons. The van der Waals surface area contributed by atoms with Crippen LogP contribution < -0.4 is 5.32 Å². The molecule has 0 aromatic carbocycles. The van der Waals surface area contributed by atoms with Gasteiger partial charge in [-0.15, -0.1) is 0 Å². The first-order valence-corrected chi connectivity index (χ1v) is 7.59. The van der Waals surface area contributed by atoms with Crippen molar-refractivity contribution in [2.24, 2.45) is 0 Å². The molecule has 0 saturated carbocycles. The zero-order chi connectivity index (χ0) is 9.19. The first-order chi connectivity index (χ1) is 5.49. The second-order valence-electron chi connectivity index (χ2n) is 4.53. The highest BCUT2D eigenvalue weighted by molar-refractivity contribution is 8.32. The minimum atomic E-state index is -0.551. The Hall–Kier alpha value is 0.270. The number of aliphatic hydroxyl groups is 1. The number of nitrogens with one attached hydrogen (secondary N) is 1. The predicted octanol–water partition coefficient (Wildman–Crippen LogP) is 0.793. The largest absolute Gasteiger partial charge is 0.391 e. The SMILES string of the molecule is CS(C)(C)C[C@H](O)[C@H]1CCCN1. The van der Waals surface area contributed by atoms with E-state index in [1.54, 1.807) is 0 Å². The third-order valence-corrected chi connectivity index (χ3v) is 3.58. The first kappa shape index (κ1) is 10.4. The molecule has 2 nitrogen and oxygen atoms in total. The summed E-state index contributed by atoms with van der Waals surface area (Å²) in [6.07, 6.45) is 9.02. The zero-order valence-corrected chi connectivity index (χ0v) is 9.16. The molecule has 0 aliphatic carbocycles. The van der Waals surface area contributed by atoms with Crippen molar-refractivity contribution in [3.8, 4) is 0 Å². The number of hydrogen-bond acceptors (Lipinski definition) is 2. The summed E-state index contributed by atoms with van der Waals surface area (Å²) < 4.78 is 0. The zero-order valence-electron chi connectivity index (χ0n) is 8.34. The maximum absolute atomic E-state index is 9.84. The molecule has 0 spiro atoms. The summed E-state index contributed by atoms with van der Waals surface area (Å²) in [4.78, 5) is 0. The van der Waals surface area contributed by atoms with E-state index in [1.807, 2.05) is 0 Å². The van der Waals surface area contributed by atoms with Crippen LogP contribution in [0.5, 0.6) is 0 Å². The van der Waals surface area contributed by atoms with Crippen molar-refractivity contribution in [3.63, 3.8) is 0 Å². The van der Waals surface area contributed by atoms with Crippen molar-refractivity contribution in [2.75, 3.05) is 31.1 Å². The molecule has 1 aliphatic heterocycles. The van der Waals surface area contributed by atoms with Gasteiger partial charge in [0.25, 0.3) is 0 Å². The van der Waals surface area contributed by atoms with Crippen molar-refractivity contribution in [1.82, 2.24) is 5.32 Å². The van der Waals surface area contributed by atoms with Crippen molar-refractivity contribution >= 4 is 10.0 Å². The lowest BCUT2D eigenvalue weighted by Crippen LogP contribution is -2.38. The standard InChI is InChI=1S/C9H21NOS/c1-12(2,3)7-9(11)8-5-4-6-10-8/h8-11H,4-7H2,1-3H3/t8-,9+/m1/s1. The Bertz CT molecular complexity index is 138. The van der Waals surface area contributed by atoms with Gasteiger partial charge in [-0.05, 0) is 38.2 Å². The van der Waals surface area contributed by atoms with E-state index in [-0.39, 0.29) is 6.10 Å². The van der Waals surface area contributed by atoms with E-state index in [0.717, 1.165) is 18.7 Å². The molecule has 12 heavy (non-hydrogen) atoms. The Morgan fingerprint density at radius 2 is 2.17 bits per heavy atom. The van der Waals surface area contributed by atoms with Crippen molar-refractivity contribution in [1.29, 1.82) is 0 Å². The quantitative estimate of drug-likeness (QED) is 0.691. The Labute approximate surface area is 77.1 Å². The van der Waals surface area contributed by atoms with Gasteiger partial charge in [0.15, 0.2) is 0 Å². The summed E-state index contributed by atoms with van der Waals surface area (Å²) in [6, 6.07) is 0.372. The van der Waals surface area contributed by atoms with E-state index in [1.165, 1.54) is 6.42 Å². The molecule has 3 heteroatoms. The Kier molecular flexibility index (Phi) is 3.44.